The Balaban J connectivity index is 1.79. The third-order valence-electron chi connectivity index (χ3n) is 5.51. The highest BCUT2D eigenvalue weighted by Gasteiger charge is 2.24. The quantitative estimate of drug-likeness (QED) is 0.522. The lowest BCUT2D eigenvalue weighted by molar-refractivity contribution is -0.0286. The molecule has 142 valence electrons. The molecular formula is C21H19BrN4O2. The number of hydrogen-bond donors (Lipinski definition) is 1. The summed E-state index contributed by atoms with van der Waals surface area (Å²) < 4.78 is 10.2. The number of rotatable bonds is 3. The fraction of sp³-hybridized carbons (Fsp3) is 0.238. The number of aryl methyl sites for hydroxylation is 1. The Kier molecular flexibility index (Phi) is 4.03. The second-order valence-electron chi connectivity index (χ2n) is 7.22. The second kappa shape index (κ2) is 6.46. The molecule has 28 heavy (non-hydrogen) atoms. The van der Waals surface area contributed by atoms with E-state index in [1.807, 2.05) is 33.8 Å². The first-order chi connectivity index (χ1) is 13.5. The third kappa shape index (κ3) is 2.57. The van der Waals surface area contributed by atoms with Crippen LogP contribution in [0.1, 0.15) is 17.2 Å². The summed E-state index contributed by atoms with van der Waals surface area (Å²) in [6, 6.07) is 6.27. The van der Waals surface area contributed by atoms with E-state index in [1.54, 1.807) is 6.20 Å². The van der Waals surface area contributed by atoms with Crippen LogP contribution in [0.2, 0.25) is 0 Å². The molecule has 0 amide bonds. The number of benzene rings is 1. The molecular weight excluding hydrogens is 420 g/mol. The molecule has 1 fully saturated rings. The third-order valence-corrected chi connectivity index (χ3v) is 6.11. The Labute approximate surface area is 169 Å². The average Bonchev–Trinajstić information content (AvgIpc) is 3.24. The molecule has 0 bridgehead atoms. The van der Waals surface area contributed by atoms with Crippen LogP contribution in [0.5, 0.6) is 0 Å². The van der Waals surface area contributed by atoms with Crippen molar-refractivity contribution in [3.8, 4) is 16.8 Å². The highest BCUT2D eigenvalue weighted by molar-refractivity contribution is 9.10. The fourth-order valence-electron chi connectivity index (χ4n) is 3.78. The van der Waals surface area contributed by atoms with Gasteiger partial charge in [0.05, 0.1) is 31.1 Å². The van der Waals surface area contributed by atoms with Crippen LogP contribution >= 0.6 is 15.9 Å². The van der Waals surface area contributed by atoms with Crippen LogP contribution in [0, 0.1) is 13.8 Å². The van der Waals surface area contributed by atoms with Gasteiger partial charge in [0.15, 0.2) is 0 Å². The zero-order chi connectivity index (χ0) is 19.4. The van der Waals surface area contributed by atoms with Crippen molar-refractivity contribution in [2.45, 2.75) is 19.9 Å². The summed E-state index contributed by atoms with van der Waals surface area (Å²) in [6.07, 6.45) is 7.59. The van der Waals surface area contributed by atoms with Gasteiger partial charge < -0.3 is 14.3 Å². The van der Waals surface area contributed by atoms with Gasteiger partial charge in [0.1, 0.15) is 5.52 Å². The Bertz CT molecular complexity index is 1260. The number of ether oxygens (including phenoxy) is 1. The largest absolute Gasteiger partial charge is 0.377 e. The minimum absolute atomic E-state index is 0.110. The Morgan fingerprint density at radius 1 is 1.29 bits per heavy atom. The number of nitrogens with zero attached hydrogens (tertiary/aromatic N) is 3. The molecule has 3 aromatic heterocycles. The highest BCUT2D eigenvalue weighted by atomic mass is 79.9. The summed E-state index contributed by atoms with van der Waals surface area (Å²) in [5.41, 5.74) is 5.90. The van der Waals surface area contributed by atoms with Gasteiger partial charge in [0, 0.05) is 39.6 Å². The summed E-state index contributed by atoms with van der Waals surface area (Å²) in [5, 5.41) is 5.47. The SMILES string of the molecule is Cc1cc(Br)c(-n2ccc3cc[nH]c(=O)c32)c(-c2cnn(C3COC3)c2)c1C. The van der Waals surface area contributed by atoms with Crippen LogP contribution in [0.25, 0.3) is 27.7 Å². The van der Waals surface area contributed by atoms with Crippen LogP contribution < -0.4 is 5.56 Å². The van der Waals surface area contributed by atoms with E-state index in [1.165, 1.54) is 5.56 Å². The lowest BCUT2D eigenvalue weighted by Gasteiger charge is -2.26. The second-order valence-corrected chi connectivity index (χ2v) is 8.08. The number of aromatic nitrogens is 4. The van der Waals surface area contributed by atoms with E-state index in [4.69, 9.17) is 4.74 Å². The molecule has 1 aliphatic rings. The first-order valence-corrected chi connectivity index (χ1v) is 9.95. The summed E-state index contributed by atoms with van der Waals surface area (Å²) in [7, 11) is 0. The fourth-order valence-corrected chi connectivity index (χ4v) is 4.51. The van der Waals surface area contributed by atoms with Crippen molar-refractivity contribution in [3.05, 3.63) is 68.9 Å². The van der Waals surface area contributed by atoms with Gasteiger partial charge >= 0.3 is 0 Å². The van der Waals surface area contributed by atoms with E-state index in [0.29, 0.717) is 24.8 Å². The van der Waals surface area contributed by atoms with Crippen LogP contribution in [-0.4, -0.2) is 32.5 Å². The maximum atomic E-state index is 12.6. The summed E-state index contributed by atoms with van der Waals surface area (Å²) in [4.78, 5) is 15.4. The van der Waals surface area contributed by atoms with Crippen molar-refractivity contribution in [1.29, 1.82) is 0 Å². The standard InChI is InChI=1S/C21H19BrN4O2/c1-12-7-17(22)20(25-6-4-14-3-5-23-21(27)19(14)25)18(13(12)2)15-8-24-26(9-15)16-10-28-11-16/h3-9,16H,10-11H2,1-2H3,(H,23,27). The number of H-pyrrole nitrogens is 1. The predicted molar refractivity (Wildman–Crippen MR) is 112 cm³/mol. The molecule has 1 N–H and O–H groups in total. The lowest BCUT2D eigenvalue weighted by atomic mass is 9.97. The van der Waals surface area contributed by atoms with Gasteiger partial charge in [0.25, 0.3) is 5.56 Å². The molecule has 0 radical (unpaired) electrons. The molecule has 5 rings (SSSR count). The van der Waals surface area contributed by atoms with Gasteiger partial charge in [-0.2, -0.15) is 5.10 Å². The summed E-state index contributed by atoms with van der Waals surface area (Å²) >= 11 is 3.74. The normalized spacial score (nSPS) is 14.5. The van der Waals surface area contributed by atoms with Gasteiger partial charge in [-0.25, -0.2) is 0 Å². The molecule has 0 aliphatic carbocycles. The minimum Gasteiger partial charge on any atom is -0.377 e. The predicted octanol–water partition coefficient (Wildman–Crippen LogP) is 4.13. The van der Waals surface area contributed by atoms with Crippen LogP contribution in [0.15, 0.2) is 52.3 Å². The number of halogens is 1. The Morgan fingerprint density at radius 3 is 2.86 bits per heavy atom. The minimum atomic E-state index is -0.110. The van der Waals surface area contributed by atoms with Crippen molar-refractivity contribution >= 4 is 26.8 Å². The van der Waals surface area contributed by atoms with E-state index in [-0.39, 0.29) is 5.56 Å². The van der Waals surface area contributed by atoms with Crippen LogP contribution in [0.4, 0.5) is 0 Å². The Morgan fingerprint density at radius 2 is 2.11 bits per heavy atom. The number of hydrogen-bond acceptors (Lipinski definition) is 3. The average molecular weight is 439 g/mol. The van der Waals surface area contributed by atoms with Crippen LogP contribution in [-0.2, 0) is 4.74 Å². The van der Waals surface area contributed by atoms with E-state index >= 15 is 0 Å². The number of nitrogens with one attached hydrogen (secondary N) is 1. The molecule has 0 atom stereocenters. The maximum absolute atomic E-state index is 12.6. The number of fused-ring (bicyclic) bond motifs is 1. The molecule has 1 aliphatic heterocycles. The number of pyridine rings is 1. The molecule has 7 heteroatoms. The van der Waals surface area contributed by atoms with E-state index < -0.39 is 0 Å². The molecule has 4 aromatic rings. The van der Waals surface area contributed by atoms with Crippen molar-refractivity contribution in [1.82, 2.24) is 19.3 Å². The monoisotopic (exact) mass is 438 g/mol. The van der Waals surface area contributed by atoms with Gasteiger partial charge in [-0.3, -0.25) is 9.48 Å². The van der Waals surface area contributed by atoms with Crippen molar-refractivity contribution < 1.29 is 4.74 Å². The molecule has 1 saturated heterocycles. The summed E-state index contributed by atoms with van der Waals surface area (Å²) in [5.74, 6) is 0. The maximum Gasteiger partial charge on any atom is 0.272 e. The molecule has 0 saturated carbocycles. The molecule has 6 nitrogen and oxygen atoms in total. The van der Waals surface area contributed by atoms with Crippen molar-refractivity contribution in [2.75, 3.05) is 13.2 Å². The smallest absolute Gasteiger partial charge is 0.272 e. The zero-order valence-corrected chi connectivity index (χ0v) is 17.2. The molecule has 0 spiro atoms. The molecule has 4 heterocycles. The van der Waals surface area contributed by atoms with Crippen LogP contribution in [0.3, 0.4) is 0 Å². The first kappa shape index (κ1) is 17.5. The van der Waals surface area contributed by atoms with Crippen molar-refractivity contribution in [3.63, 3.8) is 0 Å². The van der Waals surface area contributed by atoms with Gasteiger partial charge in [-0.15, -0.1) is 0 Å². The summed E-state index contributed by atoms with van der Waals surface area (Å²) in [6.45, 7) is 5.60. The highest BCUT2D eigenvalue weighted by Crippen LogP contribution is 2.39. The van der Waals surface area contributed by atoms with Gasteiger partial charge in [-0.05, 0) is 59.1 Å². The zero-order valence-electron chi connectivity index (χ0n) is 15.6. The Hall–Kier alpha value is -2.64. The first-order valence-electron chi connectivity index (χ1n) is 9.15. The topological polar surface area (TPSA) is 64.8 Å². The van der Waals surface area contributed by atoms with E-state index in [0.717, 1.165) is 32.2 Å². The van der Waals surface area contributed by atoms with Crippen molar-refractivity contribution in [2.24, 2.45) is 0 Å². The lowest BCUT2D eigenvalue weighted by Crippen LogP contribution is -2.30. The molecule has 0 unspecified atom stereocenters. The van der Waals surface area contributed by atoms with Gasteiger partial charge in [-0.1, -0.05) is 0 Å². The molecule has 1 aromatic carbocycles. The van der Waals surface area contributed by atoms with E-state index in [2.05, 4.69) is 52.1 Å². The van der Waals surface area contributed by atoms with E-state index in [9.17, 15) is 4.79 Å². The number of aromatic amines is 1. The van der Waals surface area contributed by atoms with Gasteiger partial charge in [0.2, 0.25) is 0 Å².